The summed E-state index contributed by atoms with van der Waals surface area (Å²) in [6, 6.07) is 11.8. The number of aryl methyl sites for hydroxylation is 1. The molecule has 0 amide bonds. The minimum Gasteiger partial charge on any atom is -0.475 e. The molecule has 2 heterocycles. The summed E-state index contributed by atoms with van der Waals surface area (Å²) in [6.07, 6.45) is 1.42. The number of hydrogen-bond acceptors (Lipinski definition) is 2. The highest BCUT2D eigenvalue weighted by atomic mass is 16.4. The minimum absolute atomic E-state index is 0.0113. The van der Waals surface area contributed by atoms with Crippen LogP contribution in [0.5, 0.6) is 0 Å². The van der Waals surface area contributed by atoms with Crippen LogP contribution in [0, 0.1) is 6.92 Å². The summed E-state index contributed by atoms with van der Waals surface area (Å²) in [6.45, 7) is 2.51. The van der Waals surface area contributed by atoms with Gasteiger partial charge in [-0.1, -0.05) is 18.2 Å². The third kappa shape index (κ3) is 1.91. The van der Waals surface area contributed by atoms with E-state index in [1.165, 1.54) is 6.26 Å². The van der Waals surface area contributed by atoms with Crippen LogP contribution in [0.1, 0.15) is 21.8 Å². The van der Waals surface area contributed by atoms with Crippen molar-refractivity contribution in [1.82, 2.24) is 4.57 Å². The molecule has 0 aliphatic heterocycles. The fourth-order valence-electron chi connectivity index (χ4n) is 2.38. The van der Waals surface area contributed by atoms with Crippen molar-refractivity contribution in [2.45, 2.75) is 13.5 Å². The van der Waals surface area contributed by atoms with Crippen LogP contribution in [0.2, 0.25) is 0 Å². The van der Waals surface area contributed by atoms with Gasteiger partial charge >= 0.3 is 5.97 Å². The second-order valence-electron chi connectivity index (χ2n) is 4.51. The van der Waals surface area contributed by atoms with Crippen molar-refractivity contribution in [2.75, 3.05) is 0 Å². The predicted molar refractivity (Wildman–Crippen MR) is 71.4 cm³/mol. The number of nitrogens with zero attached hydrogens (tertiary/aromatic N) is 1. The number of aromatic nitrogens is 1. The molecule has 0 bridgehead atoms. The second kappa shape index (κ2) is 4.31. The molecule has 3 aromatic rings. The van der Waals surface area contributed by atoms with Crippen LogP contribution in [0.4, 0.5) is 0 Å². The van der Waals surface area contributed by atoms with Gasteiger partial charge in [-0.05, 0) is 30.5 Å². The van der Waals surface area contributed by atoms with E-state index in [4.69, 9.17) is 9.52 Å². The van der Waals surface area contributed by atoms with E-state index in [-0.39, 0.29) is 5.76 Å². The maximum atomic E-state index is 11.1. The number of carbonyl (C=O) groups is 1. The average molecular weight is 255 g/mol. The highest BCUT2D eigenvalue weighted by Gasteiger charge is 2.15. The fourth-order valence-corrected chi connectivity index (χ4v) is 2.38. The number of rotatable bonds is 3. The zero-order valence-electron chi connectivity index (χ0n) is 10.5. The Morgan fingerprint density at radius 3 is 2.89 bits per heavy atom. The van der Waals surface area contributed by atoms with Gasteiger partial charge in [0, 0.05) is 16.8 Å². The first kappa shape index (κ1) is 11.6. The van der Waals surface area contributed by atoms with Crippen LogP contribution in [0.3, 0.4) is 0 Å². The largest absolute Gasteiger partial charge is 0.475 e. The van der Waals surface area contributed by atoms with Crippen molar-refractivity contribution < 1.29 is 14.3 Å². The number of para-hydroxylation sites is 1. The number of furan rings is 1. The number of benzene rings is 1. The Bertz CT molecular complexity index is 752. The average Bonchev–Trinajstić information content (AvgIpc) is 2.96. The molecule has 3 rings (SSSR count). The lowest BCUT2D eigenvalue weighted by Gasteiger charge is -2.07. The molecular weight excluding hydrogens is 242 g/mol. The third-order valence-corrected chi connectivity index (χ3v) is 3.29. The molecule has 4 nitrogen and oxygen atoms in total. The van der Waals surface area contributed by atoms with Crippen LogP contribution in [0.25, 0.3) is 10.9 Å². The SMILES string of the molecule is Cc1cc2ccccc2n1Cc1ccoc1C(=O)O. The molecule has 0 spiro atoms. The van der Waals surface area contributed by atoms with Crippen LogP contribution >= 0.6 is 0 Å². The molecule has 1 N–H and O–H groups in total. The van der Waals surface area contributed by atoms with Crippen molar-refractivity contribution in [3.05, 3.63) is 59.7 Å². The number of carboxylic acids is 1. The Balaban J connectivity index is 2.08. The van der Waals surface area contributed by atoms with Crippen molar-refractivity contribution in [3.63, 3.8) is 0 Å². The Morgan fingerprint density at radius 1 is 1.32 bits per heavy atom. The molecule has 19 heavy (non-hydrogen) atoms. The zero-order valence-corrected chi connectivity index (χ0v) is 10.5. The lowest BCUT2D eigenvalue weighted by Crippen LogP contribution is -2.05. The number of hydrogen-bond donors (Lipinski definition) is 1. The molecular formula is C15H13NO3. The molecule has 0 atom stereocenters. The van der Waals surface area contributed by atoms with Gasteiger partial charge < -0.3 is 14.1 Å². The standard InChI is InChI=1S/C15H13NO3/c1-10-8-11-4-2-3-5-13(11)16(10)9-12-6-7-19-14(12)15(17)18/h2-8H,9H2,1H3,(H,17,18). The summed E-state index contributed by atoms with van der Waals surface area (Å²) in [5, 5.41) is 10.2. The third-order valence-electron chi connectivity index (χ3n) is 3.29. The van der Waals surface area contributed by atoms with E-state index in [1.54, 1.807) is 6.07 Å². The first-order chi connectivity index (χ1) is 9.16. The smallest absolute Gasteiger partial charge is 0.372 e. The Hall–Kier alpha value is -2.49. The van der Waals surface area contributed by atoms with Gasteiger partial charge in [-0.3, -0.25) is 0 Å². The minimum atomic E-state index is -1.03. The molecule has 0 aliphatic carbocycles. The van der Waals surface area contributed by atoms with Crippen LogP contribution in [-0.4, -0.2) is 15.6 Å². The van der Waals surface area contributed by atoms with Crippen LogP contribution < -0.4 is 0 Å². The van der Waals surface area contributed by atoms with Gasteiger partial charge in [-0.15, -0.1) is 0 Å². The van der Waals surface area contributed by atoms with Gasteiger partial charge in [0.2, 0.25) is 5.76 Å². The highest BCUT2D eigenvalue weighted by Crippen LogP contribution is 2.22. The summed E-state index contributed by atoms with van der Waals surface area (Å²) in [4.78, 5) is 11.1. The van der Waals surface area contributed by atoms with Gasteiger partial charge in [0.25, 0.3) is 0 Å². The Labute approximate surface area is 109 Å². The summed E-state index contributed by atoms with van der Waals surface area (Å²) in [5.41, 5.74) is 2.87. The van der Waals surface area contributed by atoms with E-state index in [2.05, 4.69) is 10.6 Å². The molecule has 1 aromatic carbocycles. The van der Waals surface area contributed by atoms with Crippen molar-refractivity contribution in [1.29, 1.82) is 0 Å². The molecule has 0 fully saturated rings. The molecule has 4 heteroatoms. The summed E-state index contributed by atoms with van der Waals surface area (Å²) in [7, 11) is 0. The molecule has 0 unspecified atom stereocenters. The summed E-state index contributed by atoms with van der Waals surface area (Å²) >= 11 is 0. The quantitative estimate of drug-likeness (QED) is 0.781. The molecule has 0 saturated heterocycles. The van der Waals surface area contributed by atoms with E-state index in [9.17, 15) is 4.79 Å². The molecule has 2 aromatic heterocycles. The summed E-state index contributed by atoms with van der Waals surface area (Å²) in [5.74, 6) is -1.02. The fraction of sp³-hybridized carbons (Fsp3) is 0.133. The Morgan fingerprint density at radius 2 is 2.11 bits per heavy atom. The van der Waals surface area contributed by atoms with Gasteiger partial charge in [-0.2, -0.15) is 0 Å². The molecule has 0 radical (unpaired) electrons. The van der Waals surface area contributed by atoms with Crippen LogP contribution in [0.15, 0.2) is 47.1 Å². The monoisotopic (exact) mass is 255 g/mol. The topological polar surface area (TPSA) is 55.4 Å². The molecule has 96 valence electrons. The van der Waals surface area contributed by atoms with E-state index in [1.807, 2.05) is 31.2 Å². The highest BCUT2D eigenvalue weighted by molar-refractivity contribution is 5.86. The van der Waals surface area contributed by atoms with Crippen molar-refractivity contribution in [3.8, 4) is 0 Å². The Kier molecular flexibility index (Phi) is 2.63. The van der Waals surface area contributed by atoms with E-state index < -0.39 is 5.97 Å². The summed E-state index contributed by atoms with van der Waals surface area (Å²) < 4.78 is 7.10. The van der Waals surface area contributed by atoms with Crippen molar-refractivity contribution >= 4 is 16.9 Å². The number of aromatic carboxylic acids is 1. The normalized spacial score (nSPS) is 11.0. The lowest BCUT2D eigenvalue weighted by molar-refractivity contribution is 0.0660. The van der Waals surface area contributed by atoms with Gasteiger partial charge in [-0.25, -0.2) is 4.79 Å². The van der Waals surface area contributed by atoms with Gasteiger partial charge in [0.1, 0.15) is 0 Å². The number of carboxylic acid groups (broad SMARTS) is 1. The van der Waals surface area contributed by atoms with Crippen LogP contribution in [-0.2, 0) is 6.54 Å². The maximum absolute atomic E-state index is 11.1. The maximum Gasteiger partial charge on any atom is 0.372 e. The van der Waals surface area contributed by atoms with Gasteiger partial charge in [0.05, 0.1) is 12.8 Å². The first-order valence-electron chi connectivity index (χ1n) is 6.01. The predicted octanol–water partition coefficient (Wildman–Crippen LogP) is 3.29. The molecule has 0 aliphatic rings. The second-order valence-corrected chi connectivity index (χ2v) is 4.51. The van der Waals surface area contributed by atoms with Gasteiger partial charge in [0.15, 0.2) is 0 Å². The zero-order chi connectivity index (χ0) is 13.4. The molecule has 0 saturated carbocycles. The first-order valence-corrected chi connectivity index (χ1v) is 6.01. The van der Waals surface area contributed by atoms with E-state index in [0.29, 0.717) is 12.1 Å². The van der Waals surface area contributed by atoms with E-state index >= 15 is 0 Å². The van der Waals surface area contributed by atoms with E-state index in [0.717, 1.165) is 16.6 Å². The lowest BCUT2D eigenvalue weighted by atomic mass is 10.2. The number of fused-ring (bicyclic) bond motifs is 1. The van der Waals surface area contributed by atoms with Crippen molar-refractivity contribution in [2.24, 2.45) is 0 Å².